The van der Waals surface area contributed by atoms with Gasteiger partial charge >= 0.3 is 0 Å². The van der Waals surface area contributed by atoms with Crippen molar-refractivity contribution in [1.29, 1.82) is 0 Å². The number of nitrogens with zero attached hydrogens (tertiary/aromatic N) is 1. The SMILES string of the molecule is CCc1cccc(OCCCS(=O)(=O)N2CCC(c3c[nH]c4ccc(-c5ccccc5)cc34)CC2)c1. The summed E-state index contributed by atoms with van der Waals surface area (Å²) >= 11 is 0. The van der Waals surface area contributed by atoms with Gasteiger partial charge in [-0.05, 0) is 78.1 Å². The predicted octanol–water partition coefficient (Wildman–Crippen LogP) is 6.38. The zero-order chi connectivity index (χ0) is 25.0. The number of hydrogen-bond donors (Lipinski definition) is 1. The van der Waals surface area contributed by atoms with Crippen LogP contribution in [0.5, 0.6) is 5.75 Å². The molecule has 1 N–H and O–H groups in total. The normalized spacial score (nSPS) is 15.4. The molecule has 1 aliphatic heterocycles. The van der Waals surface area contributed by atoms with Crippen molar-refractivity contribution in [2.45, 2.75) is 38.5 Å². The number of H-pyrrole nitrogens is 1. The Morgan fingerprint density at radius 1 is 0.944 bits per heavy atom. The monoisotopic (exact) mass is 502 g/mol. The van der Waals surface area contributed by atoms with Gasteiger partial charge in [-0.15, -0.1) is 0 Å². The Bertz CT molecular complexity index is 1400. The number of aromatic amines is 1. The minimum atomic E-state index is -3.28. The number of piperidine rings is 1. The van der Waals surface area contributed by atoms with E-state index in [4.69, 9.17) is 4.74 Å². The Balaban J connectivity index is 1.17. The van der Waals surface area contributed by atoms with Crippen molar-refractivity contribution < 1.29 is 13.2 Å². The van der Waals surface area contributed by atoms with Crippen LogP contribution in [0.2, 0.25) is 0 Å². The van der Waals surface area contributed by atoms with Crippen molar-refractivity contribution in [2.75, 3.05) is 25.4 Å². The van der Waals surface area contributed by atoms with Gasteiger partial charge in [-0.3, -0.25) is 0 Å². The van der Waals surface area contributed by atoms with Crippen molar-refractivity contribution in [3.63, 3.8) is 0 Å². The van der Waals surface area contributed by atoms with Crippen molar-refractivity contribution in [3.8, 4) is 16.9 Å². The molecule has 0 radical (unpaired) electrons. The minimum absolute atomic E-state index is 0.124. The fourth-order valence-corrected chi connectivity index (χ4v) is 6.66. The first-order valence-electron chi connectivity index (χ1n) is 12.9. The van der Waals surface area contributed by atoms with Crippen LogP contribution in [0, 0.1) is 0 Å². The largest absolute Gasteiger partial charge is 0.494 e. The number of benzene rings is 3. The molecule has 36 heavy (non-hydrogen) atoms. The van der Waals surface area contributed by atoms with Gasteiger partial charge < -0.3 is 9.72 Å². The fraction of sp³-hybridized carbons (Fsp3) is 0.333. The van der Waals surface area contributed by atoms with E-state index in [0.29, 0.717) is 32.0 Å². The fourth-order valence-electron chi connectivity index (χ4n) is 5.15. The minimum Gasteiger partial charge on any atom is -0.494 e. The number of fused-ring (bicyclic) bond motifs is 1. The lowest BCUT2D eigenvalue weighted by Gasteiger charge is -2.31. The van der Waals surface area contributed by atoms with E-state index in [2.05, 4.69) is 66.6 Å². The zero-order valence-corrected chi connectivity index (χ0v) is 21.6. The topological polar surface area (TPSA) is 62.4 Å². The summed E-state index contributed by atoms with van der Waals surface area (Å²) in [5.41, 5.74) is 6.04. The summed E-state index contributed by atoms with van der Waals surface area (Å²) < 4.78 is 33.4. The van der Waals surface area contributed by atoms with Gasteiger partial charge in [-0.1, -0.05) is 55.5 Å². The van der Waals surface area contributed by atoms with E-state index in [-0.39, 0.29) is 5.75 Å². The average molecular weight is 503 g/mol. The Morgan fingerprint density at radius 2 is 1.75 bits per heavy atom. The van der Waals surface area contributed by atoms with Crippen molar-refractivity contribution in [2.24, 2.45) is 0 Å². The van der Waals surface area contributed by atoms with Crippen molar-refractivity contribution in [1.82, 2.24) is 9.29 Å². The van der Waals surface area contributed by atoms with E-state index < -0.39 is 10.0 Å². The second-order valence-corrected chi connectivity index (χ2v) is 11.7. The van der Waals surface area contributed by atoms with Gasteiger partial charge in [-0.2, -0.15) is 0 Å². The Labute approximate surface area is 214 Å². The van der Waals surface area contributed by atoms with Crippen LogP contribution in [0.4, 0.5) is 0 Å². The van der Waals surface area contributed by atoms with Gasteiger partial charge in [-0.25, -0.2) is 12.7 Å². The van der Waals surface area contributed by atoms with E-state index in [0.717, 1.165) is 30.5 Å². The van der Waals surface area contributed by atoms with Gasteiger partial charge in [0.1, 0.15) is 5.75 Å². The van der Waals surface area contributed by atoms with Crippen LogP contribution in [-0.2, 0) is 16.4 Å². The first-order chi connectivity index (χ1) is 17.5. The molecule has 0 aliphatic carbocycles. The summed E-state index contributed by atoms with van der Waals surface area (Å²) in [7, 11) is -3.28. The molecule has 1 fully saturated rings. The highest BCUT2D eigenvalue weighted by Crippen LogP contribution is 2.35. The van der Waals surface area contributed by atoms with E-state index in [1.807, 2.05) is 24.3 Å². The number of nitrogens with one attached hydrogen (secondary N) is 1. The van der Waals surface area contributed by atoms with Crippen LogP contribution in [0.15, 0.2) is 79.0 Å². The summed E-state index contributed by atoms with van der Waals surface area (Å²) in [5, 5.41) is 1.24. The van der Waals surface area contributed by atoms with Crippen molar-refractivity contribution >= 4 is 20.9 Å². The quantitative estimate of drug-likeness (QED) is 0.270. The van der Waals surface area contributed by atoms with E-state index in [1.54, 1.807) is 4.31 Å². The van der Waals surface area contributed by atoms with E-state index in [9.17, 15) is 8.42 Å². The molecule has 1 aromatic heterocycles. The van der Waals surface area contributed by atoms with Crippen LogP contribution in [0.1, 0.15) is 43.2 Å². The molecule has 0 unspecified atom stereocenters. The summed E-state index contributed by atoms with van der Waals surface area (Å²) in [6.07, 6.45) is 5.22. The lowest BCUT2D eigenvalue weighted by atomic mass is 9.89. The Morgan fingerprint density at radius 3 is 2.53 bits per heavy atom. The van der Waals surface area contributed by atoms with Crippen LogP contribution < -0.4 is 4.74 Å². The van der Waals surface area contributed by atoms with Crippen LogP contribution in [0.25, 0.3) is 22.0 Å². The van der Waals surface area contributed by atoms with E-state index in [1.165, 1.54) is 27.6 Å². The van der Waals surface area contributed by atoms with Gasteiger partial charge in [0.05, 0.1) is 12.4 Å². The third-order valence-electron chi connectivity index (χ3n) is 7.23. The average Bonchev–Trinajstić information content (AvgIpc) is 3.35. The van der Waals surface area contributed by atoms with Crippen LogP contribution >= 0.6 is 0 Å². The number of ether oxygens (including phenoxy) is 1. The predicted molar refractivity (Wildman–Crippen MR) is 147 cm³/mol. The molecular formula is C30H34N2O3S. The second kappa shape index (κ2) is 10.9. The van der Waals surface area contributed by atoms with Crippen LogP contribution in [-0.4, -0.2) is 43.2 Å². The molecule has 0 spiro atoms. The van der Waals surface area contributed by atoms with Crippen LogP contribution in [0.3, 0.4) is 0 Å². The molecule has 0 saturated carbocycles. The number of aryl methyl sites for hydroxylation is 1. The van der Waals surface area contributed by atoms with E-state index >= 15 is 0 Å². The second-order valence-electron chi connectivity index (χ2n) is 9.56. The molecule has 3 aromatic carbocycles. The van der Waals surface area contributed by atoms with Gasteiger partial charge in [0.2, 0.25) is 10.0 Å². The highest BCUT2D eigenvalue weighted by Gasteiger charge is 2.29. The number of rotatable bonds is 9. The molecule has 5 nitrogen and oxygen atoms in total. The lowest BCUT2D eigenvalue weighted by Crippen LogP contribution is -2.39. The molecule has 0 atom stereocenters. The first-order valence-corrected chi connectivity index (χ1v) is 14.5. The maximum atomic E-state index is 13.0. The lowest BCUT2D eigenvalue weighted by molar-refractivity contribution is 0.306. The third kappa shape index (κ3) is 5.50. The van der Waals surface area contributed by atoms with Crippen molar-refractivity contribution in [3.05, 3.63) is 90.1 Å². The molecule has 4 aromatic rings. The molecule has 1 saturated heterocycles. The first kappa shape index (κ1) is 24.6. The molecule has 2 heterocycles. The zero-order valence-electron chi connectivity index (χ0n) is 20.8. The van der Waals surface area contributed by atoms with Gasteiger partial charge in [0.25, 0.3) is 0 Å². The molecule has 6 heteroatoms. The highest BCUT2D eigenvalue weighted by atomic mass is 32.2. The standard InChI is InChI=1S/C30H34N2O3S/c1-2-23-8-6-11-27(20-23)35-18-7-19-36(33,34)32-16-14-25(15-17-32)29-22-31-30-13-12-26(21-28(29)30)24-9-4-3-5-10-24/h3-6,8-13,20-22,25,31H,2,7,14-19H2,1H3. The summed E-state index contributed by atoms with van der Waals surface area (Å²) in [5.74, 6) is 1.28. The molecule has 188 valence electrons. The van der Waals surface area contributed by atoms with Gasteiger partial charge in [0.15, 0.2) is 0 Å². The summed E-state index contributed by atoms with van der Waals surface area (Å²) in [6.45, 7) is 3.65. The number of sulfonamides is 1. The van der Waals surface area contributed by atoms with Gasteiger partial charge in [0, 0.05) is 30.2 Å². The molecule has 0 amide bonds. The molecule has 1 aliphatic rings. The Kier molecular flexibility index (Phi) is 7.44. The smallest absolute Gasteiger partial charge is 0.214 e. The highest BCUT2D eigenvalue weighted by molar-refractivity contribution is 7.89. The third-order valence-corrected chi connectivity index (χ3v) is 9.19. The summed E-state index contributed by atoms with van der Waals surface area (Å²) in [6, 6.07) is 24.9. The maximum absolute atomic E-state index is 13.0. The molecular weight excluding hydrogens is 468 g/mol. The molecule has 5 rings (SSSR count). The number of hydrogen-bond acceptors (Lipinski definition) is 3. The maximum Gasteiger partial charge on any atom is 0.214 e. The molecule has 0 bridgehead atoms. The Hall–Kier alpha value is -3.09. The number of aromatic nitrogens is 1. The summed E-state index contributed by atoms with van der Waals surface area (Å²) in [4.78, 5) is 3.41.